The normalized spacial score (nSPS) is 12.6. The molecule has 0 bridgehead atoms. The van der Waals surface area contributed by atoms with Crippen LogP contribution < -0.4 is 5.32 Å². The minimum absolute atomic E-state index is 0.208. The first-order chi connectivity index (χ1) is 8.24. The summed E-state index contributed by atoms with van der Waals surface area (Å²) >= 11 is 1.46. The Morgan fingerprint density at radius 3 is 2.82 bits per heavy atom. The van der Waals surface area contributed by atoms with Crippen LogP contribution in [0.5, 0.6) is 0 Å². The fourth-order valence-electron chi connectivity index (χ4n) is 1.96. The zero-order valence-electron chi connectivity index (χ0n) is 10.4. The molecule has 0 aliphatic carbocycles. The molecule has 0 fully saturated rings. The van der Waals surface area contributed by atoms with Crippen molar-refractivity contribution >= 4 is 11.5 Å². The van der Waals surface area contributed by atoms with Gasteiger partial charge < -0.3 is 5.32 Å². The van der Waals surface area contributed by atoms with Crippen LogP contribution in [0.4, 0.5) is 0 Å². The molecule has 17 heavy (non-hydrogen) atoms. The molecule has 1 aromatic heterocycles. The summed E-state index contributed by atoms with van der Waals surface area (Å²) in [5, 5.41) is 7.43. The van der Waals surface area contributed by atoms with Crippen molar-refractivity contribution < 1.29 is 0 Å². The SMILES string of the molecule is CCNC(c1cnns1)c1cccc(C)c1C. The fraction of sp³-hybridized carbons (Fsp3) is 0.385. The van der Waals surface area contributed by atoms with Gasteiger partial charge in [0.25, 0.3) is 0 Å². The maximum absolute atomic E-state index is 3.95. The molecule has 0 radical (unpaired) electrons. The molecule has 2 aromatic rings. The van der Waals surface area contributed by atoms with E-state index in [2.05, 4.69) is 53.9 Å². The second kappa shape index (κ2) is 5.38. The minimum atomic E-state index is 0.208. The third-order valence-corrected chi connectivity index (χ3v) is 3.76. The van der Waals surface area contributed by atoms with Gasteiger partial charge in [0.05, 0.1) is 17.1 Å². The Kier molecular flexibility index (Phi) is 3.86. The van der Waals surface area contributed by atoms with Crippen LogP contribution in [0.1, 0.15) is 34.5 Å². The van der Waals surface area contributed by atoms with Crippen molar-refractivity contribution in [1.29, 1.82) is 0 Å². The Bertz CT molecular complexity index is 479. The first-order valence-electron chi connectivity index (χ1n) is 5.80. The number of nitrogens with zero attached hydrogens (tertiary/aromatic N) is 2. The number of aromatic nitrogens is 2. The van der Waals surface area contributed by atoms with Gasteiger partial charge in [-0.1, -0.05) is 29.6 Å². The van der Waals surface area contributed by atoms with Gasteiger partial charge in [0.15, 0.2) is 0 Å². The number of hydrogen-bond acceptors (Lipinski definition) is 4. The highest BCUT2D eigenvalue weighted by molar-refractivity contribution is 7.05. The van der Waals surface area contributed by atoms with Crippen LogP contribution >= 0.6 is 11.5 Å². The minimum Gasteiger partial charge on any atom is -0.306 e. The molecule has 3 nitrogen and oxygen atoms in total. The summed E-state index contributed by atoms with van der Waals surface area (Å²) in [6.45, 7) is 7.36. The zero-order chi connectivity index (χ0) is 12.3. The van der Waals surface area contributed by atoms with Gasteiger partial charge in [0.2, 0.25) is 0 Å². The highest BCUT2D eigenvalue weighted by Gasteiger charge is 2.17. The van der Waals surface area contributed by atoms with Gasteiger partial charge in [0, 0.05) is 0 Å². The van der Waals surface area contributed by atoms with E-state index < -0.39 is 0 Å². The molecule has 0 aliphatic rings. The molecule has 2 rings (SSSR count). The topological polar surface area (TPSA) is 37.8 Å². The van der Waals surface area contributed by atoms with Gasteiger partial charge in [-0.3, -0.25) is 0 Å². The predicted octanol–water partition coefficient (Wildman–Crippen LogP) is 2.85. The molecule has 0 saturated heterocycles. The highest BCUT2D eigenvalue weighted by Crippen LogP contribution is 2.27. The van der Waals surface area contributed by atoms with E-state index in [9.17, 15) is 0 Å². The lowest BCUT2D eigenvalue weighted by Crippen LogP contribution is -2.22. The molecule has 0 spiro atoms. The zero-order valence-corrected chi connectivity index (χ0v) is 11.2. The van der Waals surface area contributed by atoms with E-state index in [1.165, 1.54) is 33.1 Å². The van der Waals surface area contributed by atoms with Crippen molar-refractivity contribution in [3.8, 4) is 0 Å². The first kappa shape index (κ1) is 12.2. The van der Waals surface area contributed by atoms with Crippen LogP contribution in [0.2, 0.25) is 0 Å². The summed E-state index contributed by atoms with van der Waals surface area (Å²) in [5.74, 6) is 0. The standard InChI is InChI=1S/C13H17N3S/c1-4-14-13(12-8-15-16-17-12)11-7-5-6-9(2)10(11)3/h5-8,13-14H,4H2,1-3H3. The Hall–Kier alpha value is -1.26. The van der Waals surface area contributed by atoms with Gasteiger partial charge in [-0.25, -0.2) is 0 Å². The van der Waals surface area contributed by atoms with Crippen molar-refractivity contribution in [2.75, 3.05) is 6.54 Å². The van der Waals surface area contributed by atoms with E-state index in [-0.39, 0.29) is 6.04 Å². The summed E-state index contributed by atoms with van der Waals surface area (Å²) in [6.07, 6.45) is 1.85. The van der Waals surface area contributed by atoms with Crippen LogP contribution in [0, 0.1) is 13.8 Å². The molecule has 1 N–H and O–H groups in total. The predicted molar refractivity (Wildman–Crippen MR) is 71.3 cm³/mol. The average molecular weight is 247 g/mol. The van der Waals surface area contributed by atoms with Crippen molar-refractivity contribution in [3.63, 3.8) is 0 Å². The Morgan fingerprint density at radius 2 is 2.18 bits per heavy atom. The number of benzene rings is 1. The van der Waals surface area contributed by atoms with Gasteiger partial charge >= 0.3 is 0 Å². The quantitative estimate of drug-likeness (QED) is 0.902. The largest absolute Gasteiger partial charge is 0.306 e. The third kappa shape index (κ3) is 2.53. The number of aryl methyl sites for hydroxylation is 1. The third-order valence-electron chi connectivity index (χ3n) is 3.03. The highest BCUT2D eigenvalue weighted by atomic mass is 32.1. The van der Waals surface area contributed by atoms with Crippen molar-refractivity contribution in [2.24, 2.45) is 0 Å². The molecule has 0 saturated carbocycles. The van der Waals surface area contributed by atoms with Crippen LogP contribution in [0.25, 0.3) is 0 Å². The lowest BCUT2D eigenvalue weighted by Gasteiger charge is -2.19. The van der Waals surface area contributed by atoms with E-state index in [4.69, 9.17) is 0 Å². The summed E-state index contributed by atoms with van der Waals surface area (Å²) in [6, 6.07) is 6.64. The molecule has 1 heterocycles. The summed E-state index contributed by atoms with van der Waals surface area (Å²) in [5.41, 5.74) is 3.98. The van der Waals surface area contributed by atoms with Crippen LogP contribution in [-0.2, 0) is 0 Å². The molecule has 1 aromatic carbocycles. The molecule has 1 unspecified atom stereocenters. The van der Waals surface area contributed by atoms with Gasteiger partial charge in [-0.15, -0.1) is 5.10 Å². The molecule has 0 aliphatic heterocycles. The van der Waals surface area contributed by atoms with Crippen molar-refractivity contribution in [1.82, 2.24) is 14.9 Å². The maximum atomic E-state index is 3.95. The van der Waals surface area contributed by atoms with Crippen LogP contribution in [-0.4, -0.2) is 16.1 Å². The Morgan fingerprint density at radius 1 is 1.35 bits per heavy atom. The van der Waals surface area contributed by atoms with Gasteiger partial charge in [-0.05, 0) is 48.6 Å². The lowest BCUT2D eigenvalue weighted by molar-refractivity contribution is 0.635. The second-order valence-electron chi connectivity index (χ2n) is 4.10. The van der Waals surface area contributed by atoms with Crippen LogP contribution in [0.15, 0.2) is 24.4 Å². The fourth-order valence-corrected chi connectivity index (χ4v) is 2.56. The van der Waals surface area contributed by atoms with Crippen molar-refractivity contribution in [3.05, 3.63) is 46.0 Å². The molecule has 1 atom stereocenters. The van der Waals surface area contributed by atoms with Gasteiger partial charge in [-0.2, -0.15) is 0 Å². The summed E-state index contributed by atoms with van der Waals surface area (Å²) < 4.78 is 3.95. The molecule has 90 valence electrons. The molecule has 4 heteroatoms. The smallest absolute Gasteiger partial charge is 0.0706 e. The van der Waals surface area contributed by atoms with E-state index >= 15 is 0 Å². The van der Waals surface area contributed by atoms with E-state index in [0.29, 0.717) is 0 Å². The molecule has 0 amide bonds. The van der Waals surface area contributed by atoms with Crippen molar-refractivity contribution in [2.45, 2.75) is 26.8 Å². The van der Waals surface area contributed by atoms with E-state index in [1.807, 2.05) is 6.20 Å². The van der Waals surface area contributed by atoms with Crippen LogP contribution in [0.3, 0.4) is 0 Å². The Balaban J connectivity index is 2.43. The maximum Gasteiger partial charge on any atom is 0.0706 e. The van der Waals surface area contributed by atoms with E-state index in [0.717, 1.165) is 6.54 Å². The number of hydrogen-bond donors (Lipinski definition) is 1. The Labute approximate surface area is 106 Å². The summed E-state index contributed by atoms with van der Waals surface area (Å²) in [4.78, 5) is 1.17. The lowest BCUT2D eigenvalue weighted by atomic mass is 9.97. The molecular weight excluding hydrogens is 230 g/mol. The first-order valence-corrected chi connectivity index (χ1v) is 6.58. The number of rotatable bonds is 4. The van der Waals surface area contributed by atoms with Gasteiger partial charge in [0.1, 0.15) is 0 Å². The second-order valence-corrected chi connectivity index (χ2v) is 4.92. The molecular formula is C13H17N3S. The summed E-state index contributed by atoms with van der Waals surface area (Å²) in [7, 11) is 0. The monoisotopic (exact) mass is 247 g/mol. The van der Waals surface area contributed by atoms with E-state index in [1.54, 1.807) is 0 Å². The number of nitrogens with one attached hydrogen (secondary N) is 1. The average Bonchev–Trinajstić information content (AvgIpc) is 2.84.